The highest BCUT2D eigenvalue weighted by molar-refractivity contribution is 5.86. The number of fused-ring (bicyclic) bond motifs is 3. The molecule has 50 heavy (non-hydrogen) atoms. The van der Waals surface area contributed by atoms with Crippen LogP contribution in [0.2, 0.25) is 0 Å². The quantitative estimate of drug-likeness (QED) is 0.0720. The Hall–Kier alpha value is -3.40. The predicted molar refractivity (Wildman–Crippen MR) is 185 cm³/mol. The predicted octanol–water partition coefficient (Wildman–Crippen LogP) is 3.78. The van der Waals surface area contributed by atoms with E-state index in [1.54, 1.807) is 6.92 Å². The smallest absolute Gasteiger partial charge is 0.407 e. The SMILES string of the molecule is C=C(C)C(=O)OCCOCCOCCOCCOCCOCCOCCOCCOCCNC(=O)OCC1c2ccccc2-c2ccccc21. The number of ether oxygens (including phenoxy) is 10. The van der Waals surface area contributed by atoms with Crippen molar-refractivity contribution in [1.82, 2.24) is 5.32 Å². The third-order valence-electron chi connectivity index (χ3n) is 7.27. The fraction of sp³-hybridized carbons (Fsp3) is 0.568. The Bertz CT molecular complexity index is 1200. The molecule has 1 amide bonds. The largest absolute Gasteiger partial charge is 0.460 e. The van der Waals surface area contributed by atoms with E-state index in [-0.39, 0.29) is 19.1 Å². The van der Waals surface area contributed by atoms with Gasteiger partial charge >= 0.3 is 12.1 Å². The standard InChI is InChI=1S/C37H53NO12/c1-30(2)36(39)49-28-27-48-26-25-47-24-23-46-22-21-45-20-19-44-18-17-43-16-15-42-14-13-41-12-11-38-37(40)50-29-35-33-9-5-3-7-31(33)32-8-4-6-10-34(32)35/h3-10,35H,1,11-29H2,2H3,(H,38,40). The van der Waals surface area contributed by atoms with Gasteiger partial charge in [0.25, 0.3) is 0 Å². The van der Waals surface area contributed by atoms with Crippen LogP contribution in [0.5, 0.6) is 0 Å². The third kappa shape index (κ3) is 17.0. The van der Waals surface area contributed by atoms with E-state index in [2.05, 4.69) is 36.2 Å². The zero-order valence-electron chi connectivity index (χ0n) is 29.2. The van der Waals surface area contributed by atoms with Crippen molar-refractivity contribution in [2.75, 3.05) is 125 Å². The molecule has 0 aliphatic heterocycles. The second kappa shape index (κ2) is 26.4. The zero-order chi connectivity index (χ0) is 35.5. The van der Waals surface area contributed by atoms with Crippen LogP contribution in [0.4, 0.5) is 4.79 Å². The molecule has 0 saturated heterocycles. The average molecular weight is 704 g/mol. The fourth-order valence-corrected chi connectivity index (χ4v) is 4.83. The molecule has 1 aliphatic carbocycles. The number of nitrogens with one attached hydrogen (secondary N) is 1. The molecule has 0 radical (unpaired) electrons. The Morgan fingerprint density at radius 2 is 0.900 bits per heavy atom. The van der Waals surface area contributed by atoms with Crippen LogP contribution in [0, 0.1) is 0 Å². The minimum Gasteiger partial charge on any atom is -0.460 e. The Morgan fingerprint density at radius 3 is 1.30 bits per heavy atom. The van der Waals surface area contributed by atoms with E-state index in [0.29, 0.717) is 118 Å². The minimum absolute atomic E-state index is 0.0344. The minimum atomic E-state index is -0.456. The summed E-state index contributed by atoms with van der Waals surface area (Å²) in [5, 5.41) is 2.74. The summed E-state index contributed by atoms with van der Waals surface area (Å²) < 4.78 is 54.0. The second-order valence-corrected chi connectivity index (χ2v) is 11.1. The summed E-state index contributed by atoms with van der Waals surface area (Å²) in [5.74, 6) is -0.382. The van der Waals surface area contributed by atoms with Crippen molar-refractivity contribution < 1.29 is 57.0 Å². The van der Waals surface area contributed by atoms with Crippen molar-refractivity contribution in [2.24, 2.45) is 0 Å². The number of carbonyl (C=O) groups is 2. The number of carbonyl (C=O) groups excluding carboxylic acids is 2. The van der Waals surface area contributed by atoms with Crippen LogP contribution >= 0.6 is 0 Å². The summed E-state index contributed by atoms with van der Waals surface area (Å²) in [6, 6.07) is 16.5. The third-order valence-corrected chi connectivity index (χ3v) is 7.27. The highest BCUT2D eigenvalue weighted by Crippen LogP contribution is 2.44. The molecule has 0 heterocycles. The van der Waals surface area contributed by atoms with Crippen molar-refractivity contribution in [1.29, 1.82) is 0 Å². The van der Waals surface area contributed by atoms with Crippen LogP contribution in [0.25, 0.3) is 11.1 Å². The monoisotopic (exact) mass is 703 g/mol. The summed E-state index contributed by atoms with van der Waals surface area (Å²) in [7, 11) is 0. The van der Waals surface area contributed by atoms with Gasteiger partial charge in [0.1, 0.15) is 13.2 Å². The maximum atomic E-state index is 12.2. The van der Waals surface area contributed by atoms with Crippen molar-refractivity contribution in [3.63, 3.8) is 0 Å². The summed E-state index contributed by atoms with van der Waals surface area (Å²) in [4.78, 5) is 23.4. The van der Waals surface area contributed by atoms with Crippen molar-refractivity contribution in [2.45, 2.75) is 12.8 Å². The maximum absolute atomic E-state index is 12.2. The molecule has 0 fully saturated rings. The molecule has 2 aromatic carbocycles. The average Bonchev–Trinajstić information content (AvgIpc) is 3.45. The van der Waals surface area contributed by atoms with Crippen LogP contribution in [0.1, 0.15) is 24.0 Å². The summed E-state index contributed by atoms with van der Waals surface area (Å²) >= 11 is 0. The van der Waals surface area contributed by atoms with Gasteiger partial charge in [-0.1, -0.05) is 55.1 Å². The molecule has 0 aromatic heterocycles. The van der Waals surface area contributed by atoms with Gasteiger partial charge in [-0.2, -0.15) is 0 Å². The lowest BCUT2D eigenvalue weighted by Crippen LogP contribution is -2.29. The number of amides is 1. The van der Waals surface area contributed by atoms with Gasteiger partial charge in [0.05, 0.1) is 106 Å². The maximum Gasteiger partial charge on any atom is 0.407 e. The first-order valence-corrected chi connectivity index (χ1v) is 17.1. The lowest BCUT2D eigenvalue weighted by atomic mass is 9.98. The molecule has 1 N–H and O–H groups in total. The Balaban J connectivity index is 0.981. The van der Waals surface area contributed by atoms with Crippen LogP contribution in [-0.4, -0.2) is 138 Å². The van der Waals surface area contributed by atoms with E-state index in [1.165, 1.54) is 22.3 Å². The Labute approximate surface area is 295 Å². The molecule has 13 nitrogen and oxygen atoms in total. The first-order valence-electron chi connectivity index (χ1n) is 17.1. The van der Waals surface area contributed by atoms with Gasteiger partial charge in [0.2, 0.25) is 0 Å². The highest BCUT2D eigenvalue weighted by Gasteiger charge is 2.28. The first-order chi connectivity index (χ1) is 24.6. The van der Waals surface area contributed by atoms with Gasteiger partial charge in [-0.05, 0) is 29.2 Å². The number of hydrogen-bond acceptors (Lipinski definition) is 12. The van der Waals surface area contributed by atoms with Crippen LogP contribution in [0.3, 0.4) is 0 Å². The number of rotatable bonds is 30. The number of alkyl carbamates (subject to hydrolysis) is 1. The summed E-state index contributed by atoms with van der Waals surface area (Å²) in [6.07, 6.45) is -0.456. The van der Waals surface area contributed by atoms with E-state index in [1.807, 2.05) is 24.3 Å². The molecule has 2 aromatic rings. The molecular formula is C37H53NO12. The second-order valence-electron chi connectivity index (χ2n) is 11.1. The van der Waals surface area contributed by atoms with Gasteiger partial charge in [0, 0.05) is 18.0 Å². The zero-order valence-corrected chi connectivity index (χ0v) is 29.2. The highest BCUT2D eigenvalue weighted by atomic mass is 16.6. The lowest BCUT2D eigenvalue weighted by molar-refractivity contribution is -0.140. The number of benzene rings is 2. The van der Waals surface area contributed by atoms with Crippen LogP contribution in [-0.2, 0) is 52.2 Å². The molecule has 0 spiro atoms. The van der Waals surface area contributed by atoms with Crippen molar-refractivity contribution in [3.05, 3.63) is 71.8 Å². The molecule has 1 aliphatic rings. The molecule has 13 heteroatoms. The van der Waals surface area contributed by atoms with Gasteiger partial charge < -0.3 is 52.7 Å². The topological polar surface area (TPSA) is 138 Å². The van der Waals surface area contributed by atoms with Crippen molar-refractivity contribution >= 4 is 12.1 Å². The molecular weight excluding hydrogens is 650 g/mol. The Morgan fingerprint density at radius 1 is 0.540 bits per heavy atom. The summed E-state index contributed by atoms with van der Waals surface area (Å²) in [5.41, 5.74) is 5.13. The van der Waals surface area contributed by atoms with Crippen LogP contribution in [0.15, 0.2) is 60.7 Å². The first kappa shape index (κ1) is 41.0. The van der Waals surface area contributed by atoms with Gasteiger partial charge in [-0.25, -0.2) is 9.59 Å². The van der Waals surface area contributed by atoms with Gasteiger partial charge in [-0.15, -0.1) is 0 Å². The van der Waals surface area contributed by atoms with Gasteiger partial charge in [0.15, 0.2) is 0 Å². The molecule has 0 unspecified atom stereocenters. The van der Waals surface area contributed by atoms with E-state index in [9.17, 15) is 9.59 Å². The number of esters is 1. The van der Waals surface area contributed by atoms with E-state index in [4.69, 9.17) is 47.4 Å². The fourth-order valence-electron chi connectivity index (χ4n) is 4.83. The van der Waals surface area contributed by atoms with E-state index >= 15 is 0 Å². The number of hydrogen-bond donors (Lipinski definition) is 1. The molecule has 0 bridgehead atoms. The molecule has 3 rings (SSSR count). The molecule has 0 saturated carbocycles. The van der Waals surface area contributed by atoms with E-state index in [0.717, 1.165) is 0 Å². The van der Waals surface area contributed by atoms with Crippen LogP contribution < -0.4 is 5.32 Å². The molecule has 278 valence electrons. The van der Waals surface area contributed by atoms with Gasteiger partial charge in [-0.3, -0.25) is 0 Å². The summed E-state index contributed by atoms with van der Waals surface area (Å²) in [6.45, 7) is 13.0. The van der Waals surface area contributed by atoms with E-state index < -0.39 is 12.1 Å². The molecule has 0 atom stereocenters. The Kier molecular flexibility index (Phi) is 21.7. The normalized spacial score (nSPS) is 12.0. The lowest BCUT2D eigenvalue weighted by Gasteiger charge is -2.14. The van der Waals surface area contributed by atoms with Crippen molar-refractivity contribution in [3.8, 4) is 11.1 Å².